The van der Waals surface area contributed by atoms with E-state index in [1.54, 1.807) is 0 Å². The van der Waals surface area contributed by atoms with Crippen LogP contribution in [0.3, 0.4) is 0 Å². The minimum atomic E-state index is 0.0224. The van der Waals surface area contributed by atoms with E-state index in [-0.39, 0.29) is 5.91 Å². The fourth-order valence-electron chi connectivity index (χ4n) is 5.37. The number of likely N-dealkylation sites (tertiary alicyclic amines) is 1. The molecule has 1 aliphatic carbocycles. The number of fused-ring (bicyclic) bond motifs is 1. The van der Waals surface area contributed by atoms with Crippen molar-refractivity contribution in [1.29, 1.82) is 0 Å². The van der Waals surface area contributed by atoms with Crippen LogP contribution in [-0.4, -0.2) is 41.6 Å². The van der Waals surface area contributed by atoms with E-state index in [4.69, 9.17) is 0 Å². The van der Waals surface area contributed by atoms with Gasteiger partial charge < -0.3 is 14.8 Å². The van der Waals surface area contributed by atoms with Gasteiger partial charge in [-0.05, 0) is 93.1 Å². The second-order valence-electron chi connectivity index (χ2n) is 9.47. The first kappa shape index (κ1) is 22.0. The van der Waals surface area contributed by atoms with Crippen LogP contribution < -0.4 is 5.32 Å². The van der Waals surface area contributed by atoms with E-state index >= 15 is 0 Å². The van der Waals surface area contributed by atoms with Crippen LogP contribution >= 0.6 is 0 Å². The van der Waals surface area contributed by atoms with Gasteiger partial charge in [0.2, 0.25) is 0 Å². The quantitative estimate of drug-likeness (QED) is 0.538. The number of benzene rings is 2. The average molecular weight is 442 g/mol. The molecule has 0 bridgehead atoms. The fourth-order valence-corrected chi connectivity index (χ4v) is 5.37. The summed E-state index contributed by atoms with van der Waals surface area (Å²) in [7, 11) is 0. The Bertz CT molecular complexity index is 1060. The number of rotatable bonds is 6. The number of carbonyl (C=O) groups is 1. The van der Waals surface area contributed by atoms with Crippen LogP contribution in [0.4, 0.5) is 0 Å². The van der Waals surface area contributed by atoms with Gasteiger partial charge in [0.1, 0.15) is 0 Å². The summed E-state index contributed by atoms with van der Waals surface area (Å²) < 4.78 is 2.41. The van der Waals surface area contributed by atoms with E-state index in [1.165, 1.54) is 61.0 Å². The number of nitrogens with zero attached hydrogens (tertiary/aromatic N) is 2. The highest BCUT2D eigenvalue weighted by molar-refractivity contribution is 5.94. The first-order valence-corrected chi connectivity index (χ1v) is 12.7. The zero-order valence-electron chi connectivity index (χ0n) is 19.6. The van der Waals surface area contributed by atoms with Crippen molar-refractivity contribution in [2.45, 2.75) is 51.4 Å². The number of aryl methyl sites for hydroxylation is 1. The largest absolute Gasteiger partial charge is 0.351 e. The molecule has 172 valence electrons. The third-order valence-corrected chi connectivity index (χ3v) is 7.17. The molecule has 4 heteroatoms. The molecule has 1 aromatic heterocycles. The van der Waals surface area contributed by atoms with E-state index in [9.17, 15) is 4.79 Å². The highest BCUT2D eigenvalue weighted by Crippen LogP contribution is 2.33. The van der Waals surface area contributed by atoms with Gasteiger partial charge >= 0.3 is 0 Å². The van der Waals surface area contributed by atoms with Gasteiger partial charge in [-0.1, -0.05) is 43.2 Å². The molecule has 3 aromatic rings. The fraction of sp³-hybridized carbons (Fsp3) is 0.414. The van der Waals surface area contributed by atoms with Crippen LogP contribution in [0.1, 0.15) is 60.1 Å². The molecule has 1 aliphatic heterocycles. The lowest BCUT2D eigenvalue weighted by Crippen LogP contribution is -2.35. The van der Waals surface area contributed by atoms with E-state index in [2.05, 4.69) is 63.3 Å². The Kier molecular flexibility index (Phi) is 6.92. The molecule has 33 heavy (non-hydrogen) atoms. The molecule has 4 nitrogen and oxygen atoms in total. The highest BCUT2D eigenvalue weighted by atomic mass is 16.1. The lowest BCUT2D eigenvalue weighted by Gasteiger charge is -2.20. The average Bonchev–Trinajstić information content (AvgIpc) is 3.06. The molecule has 1 N–H and O–H groups in total. The van der Waals surface area contributed by atoms with Gasteiger partial charge in [-0.3, -0.25) is 4.79 Å². The van der Waals surface area contributed by atoms with E-state index in [0.29, 0.717) is 6.54 Å². The summed E-state index contributed by atoms with van der Waals surface area (Å²) in [4.78, 5) is 15.2. The van der Waals surface area contributed by atoms with E-state index < -0.39 is 0 Å². The van der Waals surface area contributed by atoms with Crippen LogP contribution in [0.5, 0.6) is 0 Å². The summed E-state index contributed by atoms with van der Waals surface area (Å²) in [5, 5.41) is 3.12. The number of hydrogen-bond acceptors (Lipinski definition) is 2. The van der Waals surface area contributed by atoms with Crippen LogP contribution in [0.25, 0.3) is 16.9 Å². The Morgan fingerprint density at radius 3 is 2.30 bits per heavy atom. The van der Waals surface area contributed by atoms with Gasteiger partial charge in [-0.25, -0.2) is 0 Å². The van der Waals surface area contributed by atoms with Crippen LogP contribution in [0.15, 0.2) is 60.7 Å². The van der Waals surface area contributed by atoms with Crippen molar-refractivity contribution in [3.63, 3.8) is 0 Å². The summed E-state index contributed by atoms with van der Waals surface area (Å²) in [5.74, 6) is 0.0224. The zero-order chi connectivity index (χ0) is 22.5. The molecule has 0 unspecified atom stereocenters. The Balaban J connectivity index is 1.31. The van der Waals surface area contributed by atoms with E-state index in [0.717, 1.165) is 43.7 Å². The predicted octanol–water partition coefficient (Wildman–Crippen LogP) is 5.63. The molecule has 0 saturated carbocycles. The lowest BCUT2D eigenvalue weighted by molar-refractivity contribution is 0.0948. The molecule has 2 aromatic carbocycles. The van der Waals surface area contributed by atoms with Crippen molar-refractivity contribution in [3.8, 4) is 16.9 Å². The van der Waals surface area contributed by atoms with E-state index in [1.807, 2.05) is 12.1 Å². The van der Waals surface area contributed by atoms with Gasteiger partial charge in [-0.2, -0.15) is 0 Å². The van der Waals surface area contributed by atoms with Crippen molar-refractivity contribution >= 4 is 5.91 Å². The number of aromatic nitrogens is 1. The minimum absolute atomic E-state index is 0.0224. The Hall–Kier alpha value is -2.85. The number of amides is 1. The maximum absolute atomic E-state index is 12.7. The highest BCUT2D eigenvalue weighted by Gasteiger charge is 2.20. The monoisotopic (exact) mass is 441 g/mol. The first-order valence-electron chi connectivity index (χ1n) is 12.7. The van der Waals surface area contributed by atoms with Gasteiger partial charge in [0.25, 0.3) is 5.91 Å². The molecule has 1 fully saturated rings. The summed E-state index contributed by atoms with van der Waals surface area (Å²) in [5.41, 5.74) is 7.25. The summed E-state index contributed by atoms with van der Waals surface area (Å²) in [6, 6.07) is 21.2. The minimum Gasteiger partial charge on any atom is -0.351 e. The molecule has 0 spiro atoms. The normalized spacial score (nSPS) is 16.7. The van der Waals surface area contributed by atoms with Crippen molar-refractivity contribution in [2.24, 2.45) is 0 Å². The summed E-state index contributed by atoms with van der Waals surface area (Å²) in [6.45, 7) is 3.98. The van der Waals surface area contributed by atoms with Crippen molar-refractivity contribution in [1.82, 2.24) is 14.8 Å². The van der Waals surface area contributed by atoms with Crippen molar-refractivity contribution in [3.05, 3.63) is 77.5 Å². The smallest absolute Gasteiger partial charge is 0.251 e. The maximum Gasteiger partial charge on any atom is 0.251 e. The molecule has 2 aliphatic rings. The van der Waals surface area contributed by atoms with Crippen molar-refractivity contribution in [2.75, 3.05) is 26.2 Å². The first-order chi connectivity index (χ1) is 16.3. The SMILES string of the molecule is O=C(NCCN1CCCCCC1)c1ccc(-n2c(-c3ccccc3)cc3c2CCCC3)cc1. The second kappa shape index (κ2) is 10.4. The van der Waals surface area contributed by atoms with Crippen LogP contribution in [0.2, 0.25) is 0 Å². The Morgan fingerprint density at radius 2 is 1.55 bits per heavy atom. The van der Waals surface area contributed by atoms with Crippen molar-refractivity contribution < 1.29 is 4.79 Å². The topological polar surface area (TPSA) is 37.3 Å². The van der Waals surface area contributed by atoms with Gasteiger partial charge in [0, 0.05) is 30.0 Å². The van der Waals surface area contributed by atoms with Gasteiger partial charge in [0.15, 0.2) is 0 Å². The molecule has 5 rings (SSSR count). The number of carbonyl (C=O) groups excluding carboxylic acids is 1. The molecule has 0 atom stereocenters. The van der Waals surface area contributed by atoms with Gasteiger partial charge in [-0.15, -0.1) is 0 Å². The maximum atomic E-state index is 12.7. The molecule has 2 heterocycles. The lowest BCUT2D eigenvalue weighted by atomic mass is 9.98. The van der Waals surface area contributed by atoms with Crippen LogP contribution in [0, 0.1) is 0 Å². The third kappa shape index (κ3) is 5.06. The van der Waals surface area contributed by atoms with Gasteiger partial charge in [0.05, 0.1) is 5.69 Å². The standard InChI is InChI=1S/C29H35N3O/c33-29(30-18-21-31-19-8-1-2-9-20-31)24-14-16-26(17-15-24)32-27-13-7-6-12-25(27)22-28(32)23-10-4-3-5-11-23/h3-5,10-11,14-17,22H,1-2,6-9,12-13,18-21H2,(H,30,33). The summed E-state index contributed by atoms with van der Waals surface area (Å²) >= 11 is 0. The Morgan fingerprint density at radius 1 is 0.818 bits per heavy atom. The number of nitrogens with one attached hydrogen (secondary N) is 1. The molecule has 0 radical (unpaired) electrons. The van der Waals surface area contributed by atoms with Crippen LogP contribution in [-0.2, 0) is 12.8 Å². The summed E-state index contributed by atoms with van der Waals surface area (Å²) in [6.07, 6.45) is 10.0. The molecule has 1 amide bonds. The molecular formula is C29H35N3O. The number of hydrogen-bond donors (Lipinski definition) is 1. The second-order valence-corrected chi connectivity index (χ2v) is 9.47. The predicted molar refractivity (Wildman–Crippen MR) is 135 cm³/mol. The third-order valence-electron chi connectivity index (χ3n) is 7.17. The Labute approximate surface area is 197 Å². The molecule has 1 saturated heterocycles. The molecular weight excluding hydrogens is 406 g/mol. The zero-order valence-corrected chi connectivity index (χ0v) is 19.6.